The highest BCUT2D eigenvalue weighted by Gasteiger charge is 2.39. The molecular weight excluding hydrogens is 328 g/mol. The molecule has 3 rings (SSSR count). The lowest BCUT2D eigenvalue weighted by atomic mass is 9.85. The molecule has 2 aliphatic rings. The molecule has 1 unspecified atom stereocenters. The van der Waals surface area contributed by atoms with E-state index in [1.807, 2.05) is 13.0 Å². The first kappa shape index (κ1) is 18.2. The van der Waals surface area contributed by atoms with Crippen LogP contribution in [0.4, 0.5) is 8.78 Å². The topological polar surface area (TPSA) is 55.3 Å². The smallest absolute Gasteiger partial charge is 0.248 e. The fourth-order valence-electron chi connectivity index (χ4n) is 3.59. The summed E-state index contributed by atoms with van der Waals surface area (Å²) in [5, 5.41) is 0. The summed E-state index contributed by atoms with van der Waals surface area (Å²) >= 11 is 0. The summed E-state index contributed by atoms with van der Waals surface area (Å²) in [6, 6.07) is 1.95. The second-order valence-corrected chi connectivity index (χ2v) is 7.10. The Balaban J connectivity index is 1.50. The first-order chi connectivity index (χ1) is 11.9. The van der Waals surface area contributed by atoms with Crippen LogP contribution in [0.3, 0.4) is 0 Å². The summed E-state index contributed by atoms with van der Waals surface area (Å²) in [5.41, 5.74) is 1.90. The standard InChI is InChI=1S/C18H25F2N3O2/c1-13-10-15(22-12-21-13)2-3-16-11-23(8-9-25-16)17(24)14-4-6-18(19,20)7-5-14/h10,12,14,16H,2-9,11H2,1H3. The van der Waals surface area contributed by atoms with Crippen molar-refractivity contribution in [2.45, 2.75) is 57.5 Å². The summed E-state index contributed by atoms with van der Waals surface area (Å²) in [7, 11) is 0. The van der Waals surface area contributed by atoms with E-state index in [1.54, 1.807) is 11.2 Å². The van der Waals surface area contributed by atoms with Crippen LogP contribution in [0.25, 0.3) is 0 Å². The van der Waals surface area contributed by atoms with E-state index in [-0.39, 0.29) is 43.6 Å². The molecule has 0 bridgehead atoms. The number of hydrogen-bond acceptors (Lipinski definition) is 4. The molecule has 0 N–H and O–H groups in total. The number of carbonyl (C=O) groups excluding carboxylic acids is 1. The molecule has 5 nitrogen and oxygen atoms in total. The highest BCUT2D eigenvalue weighted by Crippen LogP contribution is 2.37. The van der Waals surface area contributed by atoms with E-state index in [0.29, 0.717) is 19.7 Å². The number of ether oxygens (including phenoxy) is 1. The molecule has 1 atom stereocenters. The van der Waals surface area contributed by atoms with Crippen LogP contribution in [-0.4, -0.2) is 52.5 Å². The molecule has 1 aliphatic carbocycles. The van der Waals surface area contributed by atoms with Crippen LogP contribution in [0.2, 0.25) is 0 Å². The monoisotopic (exact) mass is 353 g/mol. The fraction of sp³-hybridized carbons (Fsp3) is 0.722. The van der Waals surface area contributed by atoms with Crippen LogP contribution in [0.1, 0.15) is 43.5 Å². The first-order valence-electron chi connectivity index (χ1n) is 8.99. The number of hydrogen-bond donors (Lipinski definition) is 0. The quantitative estimate of drug-likeness (QED) is 0.835. The van der Waals surface area contributed by atoms with Crippen molar-refractivity contribution >= 4 is 5.91 Å². The van der Waals surface area contributed by atoms with Gasteiger partial charge in [0.2, 0.25) is 11.8 Å². The van der Waals surface area contributed by atoms with E-state index >= 15 is 0 Å². The van der Waals surface area contributed by atoms with Crippen molar-refractivity contribution in [1.29, 1.82) is 0 Å². The number of rotatable bonds is 4. The van der Waals surface area contributed by atoms with Crippen molar-refractivity contribution in [2.24, 2.45) is 5.92 Å². The first-order valence-corrected chi connectivity index (χ1v) is 8.99. The van der Waals surface area contributed by atoms with Gasteiger partial charge in [-0.3, -0.25) is 4.79 Å². The van der Waals surface area contributed by atoms with Gasteiger partial charge in [-0.15, -0.1) is 0 Å². The van der Waals surface area contributed by atoms with Crippen molar-refractivity contribution in [1.82, 2.24) is 14.9 Å². The predicted molar refractivity (Wildman–Crippen MR) is 88.3 cm³/mol. The van der Waals surface area contributed by atoms with Crippen LogP contribution in [0.5, 0.6) is 0 Å². The number of carbonyl (C=O) groups is 1. The van der Waals surface area contributed by atoms with E-state index in [2.05, 4.69) is 9.97 Å². The molecule has 1 amide bonds. The van der Waals surface area contributed by atoms with E-state index in [0.717, 1.165) is 24.2 Å². The van der Waals surface area contributed by atoms with Gasteiger partial charge in [0.05, 0.1) is 12.7 Å². The minimum absolute atomic E-state index is 0.0154. The summed E-state index contributed by atoms with van der Waals surface area (Å²) in [5.74, 6) is -2.84. The van der Waals surface area contributed by atoms with E-state index in [9.17, 15) is 13.6 Å². The van der Waals surface area contributed by atoms with Crippen molar-refractivity contribution in [3.8, 4) is 0 Å². The largest absolute Gasteiger partial charge is 0.375 e. The number of alkyl halides is 2. The number of nitrogens with zero attached hydrogens (tertiary/aromatic N) is 3. The van der Waals surface area contributed by atoms with Crippen molar-refractivity contribution in [2.75, 3.05) is 19.7 Å². The maximum atomic E-state index is 13.3. The summed E-state index contributed by atoms with van der Waals surface area (Å²) in [4.78, 5) is 22.8. The maximum absolute atomic E-state index is 13.3. The van der Waals surface area contributed by atoms with E-state index < -0.39 is 5.92 Å². The summed E-state index contributed by atoms with van der Waals surface area (Å²) in [6.45, 7) is 3.52. The Hall–Kier alpha value is -1.63. The van der Waals surface area contributed by atoms with Crippen LogP contribution >= 0.6 is 0 Å². The molecule has 1 aromatic heterocycles. The van der Waals surface area contributed by atoms with Crippen LogP contribution in [0.15, 0.2) is 12.4 Å². The Kier molecular flexibility index (Phi) is 5.61. The molecule has 1 aromatic rings. The van der Waals surface area contributed by atoms with Gasteiger partial charge in [-0.1, -0.05) is 0 Å². The minimum atomic E-state index is -2.60. The van der Waals surface area contributed by atoms with Crippen molar-refractivity contribution in [3.63, 3.8) is 0 Å². The lowest BCUT2D eigenvalue weighted by molar-refractivity contribution is -0.147. The normalized spacial score (nSPS) is 24.3. The molecule has 0 radical (unpaired) electrons. The SMILES string of the molecule is Cc1cc(CCC2CN(C(=O)C3CCC(F)(F)CC3)CCO2)ncn1. The Morgan fingerprint density at radius 3 is 2.84 bits per heavy atom. The third kappa shape index (κ3) is 4.93. The highest BCUT2D eigenvalue weighted by atomic mass is 19.3. The van der Waals surface area contributed by atoms with E-state index in [1.165, 1.54) is 0 Å². The van der Waals surface area contributed by atoms with Crippen LogP contribution < -0.4 is 0 Å². The number of morpholine rings is 1. The number of aryl methyl sites for hydroxylation is 2. The van der Waals surface area contributed by atoms with Crippen molar-refractivity contribution in [3.05, 3.63) is 23.8 Å². The molecule has 2 fully saturated rings. The molecule has 25 heavy (non-hydrogen) atoms. The average Bonchev–Trinajstić information content (AvgIpc) is 2.60. The molecular formula is C18H25F2N3O2. The zero-order chi connectivity index (χ0) is 17.9. The third-order valence-electron chi connectivity index (χ3n) is 5.10. The molecule has 0 spiro atoms. The molecule has 1 saturated carbocycles. The Labute approximate surface area is 146 Å². The van der Waals surface area contributed by atoms with Crippen LogP contribution in [0, 0.1) is 12.8 Å². The lowest BCUT2D eigenvalue weighted by Gasteiger charge is -2.37. The summed E-state index contributed by atoms with van der Waals surface area (Å²) < 4.78 is 32.3. The Bertz CT molecular complexity index is 602. The summed E-state index contributed by atoms with van der Waals surface area (Å²) in [6.07, 6.45) is 3.30. The number of amides is 1. The molecule has 0 aromatic carbocycles. The second-order valence-electron chi connectivity index (χ2n) is 7.10. The molecule has 2 heterocycles. The predicted octanol–water partition coefficient (Wildman–Crippen LogP) is 2.77. The van der Waals surface area contributed by atoms with Gasteiger partial charge in [-0.25, -0.2) is 18.7 Å². The van der Waals surface area contributed by atoms with Gasteiger partial charge in [0.15, 0.2) is 0 Å². The molecule has 1 saturated heterocycles. The molecule has 138 valence electrons. The van der Waals surface area contributed by atoms with Gasteiger partial charge < -0.3 is 9.64 Å². The van der Waals surface area contributed by atoms with Gasteiger partial charge in [0.1, 0.15) is 6.33 Å². The number of halogens is 2. The van der Waals surface area contributed by atoms with Gasteiger partial charge in [-0.05, 0) is 38.7 Å². The second kappa shape index (κ2) is 7.72. The Morgan fingerprint density at radius 2 is 2.12 bits per heavy atom. The zero-order valence-electron chi connectivity index (χ0n) is 14.6. The number of aromatic nitrogens is 2. The maximum Gasteiger partial charge on any atom is 0.248 e. The molecule has 7 heteroatoms. The molecule has 1 aliphatic heterocycles. The van der Waals surface area contributed by atoms with Crippen LogP contribution in [-0.2, 0) is 16.0 Å². The van der Waals surface area contributed by atoms with Crippen molar-refractivity contribution < 1.29 is 18.3 Å². The fourth-order valence-corrected chi connectivity index (χ4v) is 3.59. The highest BCUT2D eigenvalue weighted by molar-refractivity contribution is 5.79. The third-order valence-corrected chi connectivity index (χ3v) is 5.10. The zero-order valence-corrected chi connectivity index (χ0v) is 14.6. The lowest BCUT2D eigenvalue weighted by Crippen LogP contribution is -2.48. The van der Waals surface area contributed by atoms with E-state index in [4.69, 9.17) is 4.74 Å². The van der Waals surface area contributed by atoms with Gasteiger partial charge in [0.25, 0.3) is 0 Å². The average molecular weight is 353 g/mol. The van der Waals surface area contributed by atoms with Gasteiger partial charge in [0, 0.05) is 43.2 Å². The Morgan fingerprint density at radius 1 is 1.36 bits per heavy atom. The minimum Gasteiger partial charge on any atom is -0.375 e. The van der Waals surface area contributed by atoms with Gasteiger partial charge in [-0.2, -0.15) is 0 Å². The van der Waals surface area contributed by atoms with Gasteiger partial charge >= 0.3 is 0 Å².